The van der Waals surface area contributed by atoms with E-state index in [0.717, 1.165) is 48.9 Å². The number of anilines is 2. The van der Waals surface area contributed by atoms with Crippen LogP contribution in [-0.2, 0) is 22.4 Å². The fraction of sp³-hybridized carbons (Fsp3) is 0.474. The van der Waals surface area contributed by atoms with Crippen molar-refractivity contribution in [3.8, 4) is 0 Å². The Morgan fingerprint density at radius 1 is 1.15 bits per heavy atom. The van der Waals surface area contributed by atoms with Gasteiger partial charge in [-0.3, -0.25) is 9.59 Å². The summed E-state index contributed by atoms with van der Waals surface area (Å²) in [5.41, 5.74) is 3.22. The minimum atomic E-state index is -0.0640. The number of carbonyl (C=O) groups is 2. The van der Waals surface area contributed by atoms with Crippen LogP contribution in [0.5, 0.6) is 0 Å². The third-order valence-electron chi connectivity index (χ3n) is 4.70. The lowest BCUT2D eigenvalue weighted by Crippen LogP contribution is -2.27. The standard InChI is InChI=1S/C19H24N4O2S2/c1-3-12-7-5-8-13(4-2)16(12)20-15(24)11-26-19-23-22-18(27-19)21-17(25)14-9-6-10-14/h5,7-8,14H,3-4,6,9-11H2,1-2H3,(H,20,24)(H,21,22,25). The normalized spacial score (nSPS) is 13.9. The van der Waals surface area contributed by atoms with Crippen LogP contribution in [0.25, 0.3) is 0 Å². The highest BCUT2D eigenvalue weighted by Gasteiger charge is 2.26. The van der Waals surface area contributed by atoms with Crippen LogP contribution in [0.1, 0.15) is 44.2 Å². The van der Waals surface area contributed by atoms with Gasteiger partial charge in [0.25, 0.3) is 0 Å². The van der Waals surface area contributed by atoms with Gasteiger partial charge in [0, 0.05) is 11.6 Å². The Labute approximate surface area is 167 Å². The molecule has 2 amide bonds. The number of amides is 2. The van der Waals surface area contributed by atoms with Gasteiger partial charge in [0.05, 0.1) is 5.75 Å². The van der Waals surface area contributed by atoms with Gasteiger partial charge in [0.2, 0.25) is 16.9 Å². The minimum absolute atomic E-state index is 0.0231. The number of benzene rings is 1. The number of hydrogen-bond donors (Lipinski definition) is 2. The molecule has 0 saturated heterocycles. The van der Waals surface area contributed by atoms with Crippen LogP contribution in [0.15, 0.2) is 22.5 Å². The van der Waals surface area contributed by atoms with E-state index >= 15 is 0 Å². The van der Waals surface area contributed by atoms with E-state index in [1.807, 2.05) is 18.2 Å². The van der Waals surface area contributed by atoms with Crippen molar-refractivity contribution in [2.45, 2.75) is 50.3 Å². The van der Waals surface area contributed by atoms with Gasteiger partial charge in [-0.2, -0.15) is 0 Å². The van der Waals surface area contributed by atoms with E-state index in [1.165, 1.54) is 23.1 Å². The summed E-state index contributed by atoms with van der Waals surface area (Å²) in [4.78, 5) is 24.3. The van der Waals surface area contributed by atoms with E-state index in [0.29, 0.717) is 9.47 Å². The molecule has 144 valence electrons. The number of hydrogen-bond acceptors (Lipinski definition) is 6. The van der Waals surface area contributed by atoms with Gasteiger partial charge >= 0.3 is 0 Å². The minimum Gasteiger partial charge on any atom is -0.325 e. The van der Waals surface area contributed by atoms with Crippen molar-refractivity contribution in [2.24, 2.45) is 5.92 Å². The van der Waals surface area contributed by atoms with Crippen molar-refractivity contribution in [1.29, 1.82) is 0 Å². The highest BCUT2D eigenvalue weighted by Crippen LogP contribution is 2.30. The summed E-state index contributed by atoms with van der Waals surface area (Å²) in [7, 11) is 0. The van der Waals surface area contributed by atoms with Crippen LogP contribution >= 0.6 is 23.1 Å². The van der Waals surface area contributed by atoms with Crippen molar-refractivity contribution in [3.63, 3.8) is 0 Å². The molecule has 0 atom stereocenters. The molecule has 2 aromatic rings. The summed E-state index contributed by atoms with van der Waals surface area (Å²) >= 11 is 2.64. The van der Waals surface area contributed by atoms with Gasteiger partial charge in [0.1, 0.15) is 0 Å². The zero-order chi connectivity index (χ0) is 19.2. The molecular weight excluding hydrogens is 380 g/mol. The largest absolute Gasteiger partial charge is 0.325 e. The zero-order valence-electron chi connectivity index (χ0n) is 15.6. The van der Waals surface area contributed by atoms with Crippen LogP contribution in [-0.4, -0.2) is 27.8 Å². The van der Waals surface area contributed by atoms with Crippen molar-refractivity contribution in [3.05, 3.63) is 29.3 Å². The Morgan fingerprint density at radius 3 is 2.44 bits per heavy atom. The molecule has 2 N–H and O–H groups in total. The maximum atomic E-state index is 12.4. The van der Waals surface area contributed by atoms with E-state index in [9.17, 15) is 9.59 Å². The summed E-state index contributed by atoms with van der Waals surface area (Å²) < 4.78 is 0.675. The number of aromatic nitrogens is 2. The van der Waals surface area contributed by atoms with Crippen LogP contribution in [0.3, 0.4) is 0 Å². The maximum Gasteiger partial charge on any atom is 0.234 e. The number of rotatable bonds is 8. The fourth-order valence-electron chi connectivity index (χ4n) is 2.90. The Bertz CT molecular complexity index is 796. The molecule has 27 heavy (non-hydrogen) atoms. The number of para-hydroxylation sites is 1. The first-order valence-corrected chi connectivity index (χ1v) is 11.1. The number of nitrogens with one attached hydrogen (secondary N) is 2. The second-order valence-electron chi connectivity index (χ2n) is 6.49. The highest BCUT2D eigenvalue weighted by atomic mass is 32.2. The molecule has 1 aromatic heterocycles. The molecule has 1 aliphatic rings. The monoisotopic (exact) mass is 404 g/mol. The SMILES string of the molecule is CCc1cccc(CC)c1NC(=O)CSc1nnc(NC(=O)C2CCC2)s1. The average Bonchev–Trinajstić information content (AvgIpc) is 3.06. The van der Waals surface area contributed by atoms with Gasteiger partial charge < -0.3 is 10.6 Å². The number of aryl methyl sites for hydroxylation is 2. The predicted molar refractivity (Wildman–Crippen MR) is 110 cm³/mol. The van der Waals surface area contributed by atoms with E-state index < -0.39 is 0 Å². The maximum absolute atomic E-state index is 12.4. The number of carbonyl (C=O) groups excluding carboxylic acids is 2. The van der Waals surface area contributed by atoms with E-state index in [4.69, 9.17) is 0 Å². The van der Waals surface area contributed by atoms with Crippen LogP contribution in [0.4, 0.5) is 10.8 Å². The molecule has 1 aromatic carbocycles. The van der Waals surface area contributed by atoms with Crippen LogP contribution < -0.4 is 10.6 Å². The van der Waals surface area contributed by atoms with Gasteiger partial charge in [-0.25, -0.2) is 0 Å². The predicted octanol–water partition coefficient (Wildman–Crippen LogP) is 4.13. The van der Waals surface area contributed by atoms with Crippen molar-refractivity contribution < 1.29 is 9.59 Å². The lowest BCUT2D eigenvalue weighted by Gasteiger charge is -2.23. The molecule has 1 aliphatic carbocycles. The molecule has 0 spiro atoms. The van der Waals surface area contributed by atoms with Gasteiger partial charge in [-0.1, -0.05) is 61.6 Å². The molecular formula is C19H24N4O2S2. The Morgan fingerprint density at radius 2 is 1.85 bits per heavy atom. The second-order valence-corrected chi connectivity index (χ2v) is 8.69. The van der Waals surface area contributed by atoms with Crippen LogP contribution in [0, 0.1) is 5.92 Å². The van der Waals surface area contributed by atoms with E-state index in [1.54, 1.807) is 0 Å². The molecule has 6 nitrogen and oxygen atoms in total. The molecule has 0 aliphatic heterocycles. The quantitative estimate of drug-likeness (QED) is 0.510. The summed E-state index contributed by atoms with van der Waals surface area (Å²) in [5, 5.41) is 14.4. The molecule has 1 heterocycles. The van der Waals surface area contributed by atoms with Gasteiger partial charge in [-0.15, -0.1) is 10.2 Å². The summed E-state index contributed by atoms with van der Waals surface area (Å²) in [6.45, 7) is 4.17. The molecule has 3 rings (SSSR count). The summed E-state index contributed by atoms with van der Waals surface area (Å²) in [6.07, 6.45) is 4.76. The first-order chi connectivity index (χ1) is 13.1. The van der Waals surface area contributed by atoms with Crippen molar-refractivity contribution >= 4 is 45.7 Å². The zero-order valence-corrected chi connectivity index (χ0v) is 17.2. The summed E-state index contributed by atoms with van der Waals surface area (Å²) in [5.74, 6) is 0.329. The van der Waals surface area contributed by atoms with Gasteiger partial charge in [0.15, 0.2) is 4.34 Å². The van der Waals surface area contributed by atoms with E-state index in [-0.39, 0.29) is 23.5 Å². The average molecular weight is 405 g/mol. The third kappa shape index (κ3) is 5.07. The summed E-state index contributed by atoms with van der Waals surface area (Å²) in [6, 6.07) is 6.12. The Balaban J connectivity index is 1.53. The Hall–Kier alpha value is -1.93. The highest BCUT2D eigenvalue weighted by molar-refractivity contribution is 8.01. The van der Waals surface area contributed by atoms with Gasteiger partial charge in [-0.05, 0) is 36.8 Å². The molecule has 0 radical (unpaired) electrons. The Kier molecular flexibility index (Phi) is 6.84. The lowest BCUT2D eigenvalue weighted by atomic mass is 9.85. The lowest BCUT2D eigenvalue weighted by molar-refractivity contribution is -0.122. The fourth-order valence-corrected chi connectivity index (χ4v) is 4.46. The first-order valence-electron chi connectivity index (χ1n) is 9.28. The van der Waals surface area contributed by atoms with Crippen molar-refractivity contribution in [2.75, 3.05) is 16.4 Å². The smallest absolute Gasteiger partial charge is 0.234 e. The number of nitrogens with zero attached hydrogens (tertiary/aromatic N) is 2. The molecule has 0 bridgehead atoms. The van der Waals surface area contributed by atoms with E-state index in [2.05, 4.69) is 34.7 Å². The first kappa shape index (κ1) is 19.8. The molecule has 1 fully saturated rings. The molecule has 8 heteroatoms. The molecule has 1 saturated carbocycles. The topological polar surface area (TPSA) is 84.0 Å². The number of thioether (sulfide) groups is 1. The third-order valence-corrected chi connectivity index (χ3v) is 6.67. The van der Waals surface area contributed by atoms with Crippen LogP contribution in [0.2, 0.25) is 0 Å². The second kappa shape index (κ2) is 9.32. The van der Waals surface area contributed by atoms with Crippen molar-refractivity contribution in [1.82, 2.24) is 10.2 Å². The molecule has 0 unspecified atom stereocenters.